The lowest BCUT2D eigenvalue weighted by atomic mass is 9.97. The number of esters is 1. The van der Waals surface area contributed by atoms with Crippen LogP contribution in [0, 0.1) is 19.8 Å². The molecule has 1 heterocycles. The first kappa shape index (κ1) is 17.3. The molecular formula is C18H25NO4. The average Bonchev–Trinajstić information content (AvgIpc) is 2.56. The SMILES string of the molecule is CCOC(=O)C1CCN(C(=O)COc2ccc(C)c(C)c2)CC1. The van der Waals surface area contributed by atoms with Crippen LogP contribution in [0.15, 0.2) is 18.2 Å². The molecule has 2 rings (SSSR count). The van der Waals surface area contributed by atoms with Crippen molar-refractivity contribution in [2.24, 2.45) is 5.92 Å². The maximum atomic E-state index is 12.2. The van der Waals surface area contributed by atoms with Crippen molar-refractivity contribution in [2.45, 2.75) is 33.6 Å². The molecule has 23 heavy (non-hydrogen) atoms. The number of hydrogen-bond donors (Lipinski definition) is 0. The van der Waals surface area contributed by atoms with Gasteiger partial charge in [0, 0.05) is 13.1 Å². The van der Waals surface area contributed by atoms with Gasteiger partial charge in [-0.3, -0.25) is 9.59 Å². The summed E-state index contributed by atoms with van der Waals surface area (Å²) in [5.74, 6) is 0.444. The van der Waals surface area contributed by atoms with Crippen LogP contribution in [-0.4, -0.2) is 43.1 Å². The van der Waals surface area contributed by atoms with Gasteiger partial charge in [0.15, 0.2) is 6.61 Å². The molecule has 1 aliphatic rings. The first-order valence-corrected chi connectivity index (χ1v) is 8.15. The third-order valence-electron chi connectivity index (χ3n) is 4.31. The molecule has 0 unspecified atom stereocenters. The number of benzene rings is 1. The number of carbonyl (C=O) groups excluding carboxylic acids is 2. The van der Waals surface area contributed by atoms with Crippen molar-refractivity contribution in [3.63, 3.8) is 0 Å². The standard InChI is InChI=1S/C18H25NO4/c1-4-22-18(21)15-7-9-19(10-8-15)17(20)12-23-16-6-5-13(2)14(3)11-16/h5-6,11,15H,4,7-10,12H2,1-3H3. The molecule has 126 valence electrons. The van der Waals surface area contributed by atoms with Crippen molar-refractivity contribution < 1.29 is 19.1 Å². The third-order valence-corrected chi connectivity index (χ3v) is 4.31. The molecule has 1 aliphatic heterocycles. The predicted octanol–water partition coefficient (Wildman–Crippen LogP) is 2.48. The molecule has 0 radical (unpaired) electrons. The smallest absolute Gasteiger partial charge is 0.309 e. The zero-order valence-electron chi connectivity index (χ0n) is 14.1. The summed E-state index contributed by atoms with van der Waals surface area (Å²) in [6, 6.07) is 5.80. The number of aryl methyl sites for hydroxylation is 2. The fraction of sp³-hybridized carbons (Fsp3) is 0.556. The number of amides is 1. The molecule has 0 N–H and O–H groups in total. The highest BCUT2D eigenvalue weighted by molar-refractivity contribution is 5.78. The van der Waals surface area contributed by atoms with Crippen LogP contribution in [0.2, 0.25) is 0 Å². The number of carbonyl (C=O) groups is 2. The molecule has 1 aromatic rings. The molecule has 0 saturated carbocycles. The minimum atomic E-state index is -0.147. The largest absolute Gasteiger partial charge is 0.484 e. The maximum absolute atomic E-state index is 12.2. The quantitative estimate of drug-likeness (QED) is 0.783. The Kier molecular flexibility index (Phi) is 6.02. The van der Waals surface area contributed by atoms with Crippen LogP contribution in [0.25, 0.3) is 0 Å². The molecule has 1 amide bonds. The van der Waals surface area contributed by atoms with Crippen molar-refractivity contribution in [1.82, 2.24) is 4.90 Å². The van der Waals surface area contributed by atoms with Gasteiger partial charge >= 0.3 is 5.97 Å². The van der Waals surface area contributed by atoms with E-state index >= 15 is 0 Å². The van der Waals surface area contributed by atoms with E-state index in [-0.39, 0.29) is 24.4 Å². The molecule has 0 atom stereocenters. The lowest BCUT2D eigenvalue weighted by Gasteiger charge is -2.30. The van der Waals surface area contributed by atoms with Crippen LogP contribution < -0.4 is 4.74 Å². The summed E-state index contributed by atoms with van der Waals surface area (Å²) in [5.41, 5.74) is 2.34. The fourth-order valence-corrected chi connectivity index (χ4v) is 2.66. The van der Waals surface area contributed by atoms with E-state index in [4.69, 9.17) is 9.47 Å². The van der Waals surface area contributed by atoms with Crippen molar-refractivity contribution in [2.75, 3.05) is 26.3 Å². The van der Waals surface area contributed by atoms with Crippen molar-refractivity contribution in [1.29, 1.82) is 0 Å². The molecule has 1 saturated heterocycles. The van der Waals surface area contributed by atoms with E-state index in [1.54, 1.807) is 11.8 Å². The minimum Gasteiger partial charge on any atom is -0.484 e. The topological polar surface area (TPSA) is 55.8 Å². The van der Waals surface area contributed by atoms with E-state index in [9.17, 15) is 9.59 Å². The maximum Gasteiger partial charge on any atom is 0.309 e. The van der Waals surface area contributed by atoms with E-state index in [1.165, 1.54) is 5.56 Å². The summed E-state index contributed by atoms with van der Waals surface area (Å²) in [7, 11) is 0. The van der Waals surface area contributed by atoms with Crippen molar-refractivity contribution >= 4 is 11.9 Å². The Morgan fingerprint density at radius 1 is 1.17 bits per heavy atom. The van der Waals surface area contributed by atoms with E-state index in [0.717, 1.165) is 5.56 Å². The van der Waals surface area contributed by atoms with Crippen LogP contribution in [0.1, 0.15) is 30.9 Å². The van der Waals surface area contributed by atoms with Gasteiger partial charge in [-0.1, -0.05) is 6.07 Å². The van der Waals surface area contributed by atoms with Gasteiger partial charge in [-0.05, 0) is 56.9 Å². The summed E-state index contributed by atoms with van der Waals surface area (Å²) in [6.45, 7) is 7.47. The minimum absolute atomic E-state index is 0.0343. The fourth-order valence-electron chi connectivity index (χ4n) is 2.66. The van der Waals surface area contributed by atoms with Crippen molar-refractivity contribution in [3.05, 3.63) is 29.3 Å². The predicted molar refractivity (Wildman–Crippen MR) is 87.3 cm³/mol. The molecule has 1 fully saturated rings. The van der Waals surface area contributed by atoms with Crippen LogP contribution >= 0.6 is 0 Å². The normalized spacial score (nSPS) is 15.3. The summed E-state index contributed by atoms with van der Waals surface area (Å²) >= 11 is 0. The summed E-state index contributed by atoms with van der Waals surface area (Å²) in [5, 5.41) is 0. The van der Waals surface area contributed by atoms with Crippen LogP contribution in [0.3, 0.4) is 0 Å². The molecule has 0 aromatic heterocycles. The second-order valence-corrected chi connectivity index (χ2v) is 5.94. The van der Waals surface area contributed by atoms with Gasteiger partial charge < -0.3 is 14.4 Å². The Morgan fingerprint density at radius 2 is 1.87 bits per heavy atom. The highest BCUT2D eigenvalue weighted by Crippen LogP contribution is 2.20. The Balaban J connectivity index is 1.79. The number of likely N-dealkylation sites (tertiary alicyclic amines) is 1. The molecule has 1 aromatic carbocycles. The number of ether oxygens (including phenoxy) is 2. The van der Waals surface area contributed by atoms with Gasteiger partial charge in [0.05, 0.1) is 12.5 Å². The second kappa shape index (κ2) is 7.99. The lowest BCUT2D eigenvalue weighted by molar-refractivity contribution is -0.151. The number of piperidine rings is 1. The lowest BCUT2D eigenvalue weighted by Crippen LogP contribution is -2.42. The molecule has 5 heteroatoms. The monoisotopic (exact) mass is 319 g/mol. The number of nitrogens with zero attached hydrogens (tertiary/aromatic N) is 1. The van der Waals surface area contributed by atoms with E-state index in [1.807, 2.05) is 32.0 Å². The molecular weight excluding hydrogens is 294 g/mol. The second-order valence-electron chi connectivity index (χ2n) is 5.94. The Bertz CT molecular complexity index is 562. The van der Waals surface area contributed by atoms with Gasteiger partial charge in [0.1, 0.15) is 5.75 Å². The molecule has 0 aliphatic carbocycles. The van der Waals surface area contributed by atoms with Gasteiger partial charge in [-0.15, -0.1) is 0 Å². The zero-order valence-corrected chi connectivity index (χ0v) is 14.1. The Hall–Kier alpha value is -2.04. The van der Waals surface area contributed by atoms with Gasteiger partial charge in [0.25, 0.3) is 5.91 Å². The molecule has 5 nitrogen and oxygen atoms in total. The van der Waals surface area contributed by atoms with Crippen LogP contribution in [0.4, 0.5) is 0 Å². The Morgan fingerprint density at radius 3 is 2.48 bits per heavy atom. The highest BCUT2D eigenvalue weighted by Gasteiger charge is 2.28. The van der Waals surface area contributed by atoms with Gasteiger partial charge in [-0.2, -0.15) is 0 Å². The molecule has 0 bridgehead atoms. The molecule has 0 spiro atoms. The third kappa shape index (κ3) is 4.71. The average molecular weight is 319 g/mol. The first-order valence-electron chi connectivity index (χ1n) is 8.15. The van der Waals surface area contributed by atoms with Gasteiger partial charge in [-0.25, -0.2) is 0 Å². The number of hydrogen-bond acceptors (Lipinski definition) is 4. The summed E-state index contributed by atoms with van der Waals surface area (Å²) in [4.78, 5) is 25.7. The van der Waals surface area contributed by atoms with E-state index in [2.05, 4.69) is 0 Å². The van der Waals surface area contributed by atoms with Crippen molar-refractivity contribution in [3.8, 4) is 5.75 Å². The van der Waals surface area contributed by atoms with E-state index < -0.39 is 0 Å². The zero-order chi connectivity index (χ0) is 16.8. The van der Waals surface area contributed by atoms with Gasteiger partial charge in [0.2, 0.25) is 0 Å². The highest BCUT2D eigenvalue weighted by atomic mass is 16.5. The first-order chi connectivity index (χ1) is 11.0. The van der Waals surface area contributed by atoms with Crippen LogP contribution in [0.5, 0.6) is 5.75 Å². The Labute approximate surface area is 137 Å². The van der Waals surface area contributed by atoms with E-state index in [0.29, 0.717) is 38.3 Å². The summed E-state index contributed by atoms with van der Waals surface area (Å²) in [6.07, 6.45) is 1.32. The number of rotatable bonds is 5. The summed E-state index contributed by atoms with van der Waals surface area (Å²) < 4.78 is 10.6. The van der Waals surface area contributed by atoms with Crippen LogP contribution in [-0.2, 0) is 14.3 Å².